The number of hydrogen-bond donors (Lipinski definition) is 1. The minimum atomic E-state index is -0.309. The molecule has 0 aliphatic heterocycles. The largest absolute Gasteiger partial charge is 0.329 e. The zero-order valence-corrected chi connectivity index (χ0v) is 13.5. The first-order valence-electron chi connectivity index (χ1n) is 6.18. The van der Waals surface area contributed by atoms with Crippen LogP contribution in [0.1, 0.15) is 17.5 Å². The minimum Gasteiger partial charge on any atom is -0.329 e. The van der Waals surface area contributed by atoms with E-state index < -0.39 is 0 Å². The van der Waals surface area contributed by atoms with E-state index in [0.717, 1.165) is 15.6 Å². The van der Waals surface area contributed by atoms with Crippen molar-refractivity contribution < 1.29 is 0 Å². The Hall–Kier alpha value is -1.27. The van der Waals surface area contributed by atoms with E-state index in [9.17, 15) is 0 Å². The van der Waals surface area contributed by atoms with Gasteiger partial charge in [0.1, 0.15) is 0 Å². The number of halogens is 2. The molecule has 0 amide bonds. The number of benzene rings is 2. The van der Waals surface area contributed by atoms with Gasteiger partial charge in [0.15, 0.2) is 0 Å². The molecule has 20 heavy (non-hydrogen) atoms. The van der Waals surface area contributed by atoms with Crippen LogP contribution in [0.15, 0.2) is 59.1 Å². The summed E-state index contributed by atoms with van der Waals surface area (Å²) >= 11 is 3.46. The molecular formula is C17H17BrClN. The number of nitrogens with two attached hydrogens (primary N) is 1. The number of terminal acetylenes is 1. The van der Waals surface area contributed by atoms with Gasteiger partial charge in [-0.2, -0.15) is 0 Å². The molecule has 3 heteroatoms. The summed E-state index contributed by atoms with van der Waals surface area (Å²) in [5, 5.41) is 0. The number of rotatable bonds is 4. The Morgan fingerprint density at radius 1 is 1.00 bits per heavy atom. The zero-order chi connectivity index (χ0) is 13.7. The van der Waals surface area contributed by atoms with Crippen LogP contribution in [0.2, 0.25) is 0 Å². The summed E-state index contributed by atoms with van der Waals surface area (Å²) in [7, 11) is 0. The Labute approximate surface area is 135 Å². The van der Waals surface area contributed by atoms with Crippen molar-refractivity contribution in [3.63, 3.8) is 0 Å². The lowest BCUT2D eigenvalue weighted by Gasteiger charge is -2.32. The fourth-order valence-corrected chi connectivity index (χ4v) is 2.64. The molecule has 2 aromatic rings. The predicted octanol–water partition coefficient (Wildman–Crippen LogP) is 4.14. The van der Waals surface area contributed by atoms with Crippen LogP contribution in [0.3, 0.4) is 0 Å². The smallest absolute Gasteiger partial charge is 0.0433 e. The topological polar surface area (TPSA) is 26.0 Å². The summed E-state index contributed by atoms with van der Waals surface area (Å²) in [5.41, 5.74) is 8.10. The third-order valence-electron chi connectivity index (χ3n) is 3.48. The summed E-state index contributed by atoms with van der Waals surface area (Å²) in [5.74, 6) is 2.78. The van der Waals surface area contributed by atoms with E-state index in [0.29, 0.717) is 13.0 Å². The van der Waals surface area contributed by atoms with Gasteiger partial charge in [0, 0.05) is 22.9 Å². The monoisotopic (exact) mass is 349 g/mol. The SMILES string of the molecule is C#CCC(CN)(c1ccccc1)c1ccc(Br)cc1.Cl. The van der Waals surface area contributed by atoms with Crippen LogP contribution in [0.4, 0.5) is 0 Å². The Bertz CT molecular complexity index is 574. The third-order valence-corrected chi connectivity index (χ3v) is 4.00. The fourth-order valence-electron chi connectivity index (χ4n) is 2.38. The van der Waals surface area contributed by atoms with Crippen LogP contribution in [0, 0.1) is 12.3 Å². The summed E-state index contributed by atoms with van der Waals surface area (Å²) < 4.78 is 1.05. The third kappa shape index (κ3) is 3.24. The lowest BCUT2D eigenvalue weighted by atomic mass is 9.72. The Morgan fingerprint density at radius 3 is 2.05 bits per heavy atom. The molecule has 2 rings (SSSR count). The van der Waals surface area contributed by atoms with Crippen LogP contribution < -0.4 is 5.73 Å². The standard InChI is InChI=1S/C17H16BrN.ClH/c1-2-12-17(13-19,14-6-4-3-5-7-14)15-8-10-16(18)11-9-15;/h1,3-11H,12-13,19H2;1H. The van der Waals surface area contributed by atoms with Crippen LogP contribution in [0.5, 0.6) is 0 Å². The van der Waals surface area contributed by atoms with Crippen molar-refractivity contribution in [2.75, 3.05) is 6.54 Å². The molecule has 0 bridgehead atoms. The highest BCUT2D eigenvalue weighted by atomic mass is 79.9. The van der Waals surface area contributed by atoms with Crippen LogP contribution in [0.25, 0.3) is 0 Å². The van der Waals surface area contributed by atoms with Gasteiger partial charge in [-0.25, -0.2) is 0 Å². The van der Waals surface area contributed by atoms with Crippen molar-refractivity contribution in [2.24, 2.45) is 5.73 Å². The molecule has 0 saturated heterocycles. The van der Waals surface area contributed by atoms with Gasteiger partial charge >= 0.3 is 0 Å². The van der Waals surface area contributed by atoms with Gasteiger partial charge in [-0.1, -0.05) is 58.4 Å². The normalized spacial score (nSPS) is 12.8. The summed E-state index contributed by atoms with van der Waals surface area (Å²) in [4.78, 5) is 0. The van der Waals surface area contributed by atoms with E-state index in [4.69, 9.17) is 12.2 Å². The van der Waals surface area contributed by atoms with E-state index in [1.165, 1.54) is 0 Å². The van der Waals surface area contributed by atoms with E-state index in [1.54, 1.807) is 0 Å². The zero-order valence-electron chi connectivity index (χ0n) is 11.1. The van der Waals surface area contributed by atoms with E-state index in [2.05, 4.69) is 46.1 Å². The second kappa shape index (κ2) is 7.50. The van der Waals surface area contributed by atoms with Crippen molar-refractivity contribution in [3.05, 3.63) is 70.2 Å². The molecule has 2 aromatic carbocycles. The molecule has 0 saturated carbocycles. The van der Waals surface area contributed by atoms with Crippen molar-refractivity contribution in [1.29, 1.82) is 0 Å². The van der Waals surface area contributed by atoms with Crippen LogP contribution in [-0.4, -0.2) is 6.54 Å². The highest BCUT2D eigenvalue weighted by Gasteiger charge is 2.31. The highest BCUT2D eigenvalue weighted by molar-refractivity contribution is 9.10. The Kier molecular flexibility index (Phi) is 6.29. The second-order valence-electron chi connectivity index (χ2n) is 4.54. The molecule has 2 N–H and O–H groups in total. The molecule has 1 nitrogen and oxygen atoms in total. The molecule has 0 spiro atoms. The van der Waals surface area contributed by atoms with Crippen molar-refractivity contribution in [3.8, 4) is 12.3 Å². The van der Waals surface area contributed by atoms with E-state index >= 15 is 0 Å². The summed E-state index contributed by atoms with van der Waals surface area (Å²) in [6.45, 7) is 0.489. The lowest BCUT2D eigenvalue weighted by Crippen LogP contribution is -2.36. The fraction of sp³-hybridized carbons (Fsp3) is 0.176. The van der Waals surface area contributed by atoms with Gasteiger partial charge in [0.25, 0.3) is 0 Å². The molecule has 0 aromatic heterocycles. The van der Waals surface area contributed by atoms with Crippen molar-refractivity contribution in [2.45, 2.75) is 11.8 Å². The summed E-state index contributed by atoms with van der Waals surface area (Å²) in [6.07, 6.45) is 6.17. The molecule has 0 heterocycles. The quantitative estimate of drug-likeness (QED) is 0.824. The van der Waals surface area contributed by atoms with Gasteiger partial charge in [-0.3, -0.25) is 0 Å². The van der Waals surface area contributed by atoms with Crippen LogP contribution in [-0.2, 0) is 5.41 Å². The molecule has 0 aliphatic rings. The van der Waals surface area contributed by atoms with Gasteiger partial charge in [-0.05, 0) is 23.3 Å². The van der Waals surface area contributed by atoms with Crippen molar-refractivity contribution in [1.82, 2.24) is 0 Å². The van der Waals surface area contributed by atoms with Gasteiger partial charge in [0.05, 0.1) is 0 Å². The van der Waals surface area contributed by atoms with Crippen molar-refractivity contribution >= 4 is 28.3 Å². The van der Waals surface area contributed by atoms with Gasteiger partial charge < -0.3 is 5.73 Å². The average Bonchev–Trinajstić information content (AvgIpc) is 2.47. The van der Waals surface area contributed by atoms with Gasteiger partial charge in [-0.15, -0.1) is 24.8 Å². The van der Waals surface area contributed by atoms with E-state index in [-0.39, 0.29) is 17.8 Å². The molecule has 0 radical (unpaired) electrons. The Balaban J connectivity index is 0.00000200. The Morgan fingerprint density at radius 2 is 1.55 bits per heavy atom. The maximum absolute atomic E-state index is 6.09. The lowest BCUT2D eigenvalue weighted by molar-refractivity contribution is 0.541. The first-order chi connectivity index (χ1) is 9.23. The highest BCUT2D eigenvalue weighted by Crippen LogP contribution is 2.35. The maximum atomic E-state index is 6.09. The first-order valence-corrected chi connectivity index (χ1v) is 6.97. The molecule has 1 atom stereocenters. The molecule has 0 aliphatic carbocycles. The average molecular weight is 351 g/mol. The predicted molar refractivity (Wildman–Crippen MR) is 91.1 cm³/mol. The van der Waals surface area contributed by atoms with Crippen LogP contribution >= 0.6 is 28.3 Å². The second-order valence-corrected chi connectivity index (χ2v) is 5.46. The molecular weight excluding hydrogens is 334 g/mol. The van der Waals surface area contributed by atoms with Gasteiger partial charge in [0.2, 0.25) is 0 Å². The van der Waals surface area contributed by atoms with E-state index in [1.807, 2.05) is 30.3 Å². The molecule has 104 valence electrons. The maximum Gasteiger partial charge on any atom is 0.0433 e. The minimum absolute atomic E-state index is 0. The summed E-state index contributed by atoms with van der Waals surface area (Å²) in [6, 6.07) is 18.5. The molecule has 1 unspecified atom stereocenters. The first kappa shape index (κ1) is 16.8. The molecule has 0 fully saturated rings. The number of hydrogen-bond acceptors (Lipinski definition) is 1.